The van der Waals surface area contributed by atoms with Crippen LogP contribution in [0.3, 0.4) is 0 Å². The number of carbonyl (C=O) groups excluding carboxylic acids is 2. The van der Waals surface area contributed by atoms with Gasteiger partial charge in [0.2, 0.25) is 0 Å². The number of ether oxygens (including phenoxy) is 3. The van der Waals surface area contributed by atoms with Crippen molar-refractivity contribution in [2.75, 3.05) is 18.5 Å². The molecule has 0 bridgehead atoms. The van der Waals surface area contributed by atoms with Gasteiger partial charge in [0, 0.05) is 6.07 Å². The molecule has 0 radical (unpaired) electrons. The number of nitrogens with one attached hydrogen (secondary N) is 2. The van der Waals surface area contributed by atoms with Crippen LogP contribution < -0.4 is 20.1 Å². The van der Waals surface area contributed by atoms with Gasteiger partial charge in [-0.15, -0.1) is 0 Å². The molecule has 138 valence electrons. The van der Waals surface area contributed by atoms with Crippen LogP contribution in [0.5, 0.6) is 11.5 Å². The highest BCUT2D eigenvalue weighted by atomic mass is 19.3. The molecule has 1 atom stereocenters. The third-order valence-corrected chi connectivity index (χ3v) is 3.38. The van der Waals surface area contributed by atoms with Crippen LogP contribution in [0.15, 0.2) is 18.2 Å². The predicted molar refractivity (Wildman–Crippen MR) is 84.9 cm³/mol. The largest absolute Gasteiger partial charge is 0.489 e. The molecule has 1 aliphatic heterocycles. The van der Waals surface area contributed by atoms with Crippen molar-refractivity contribution in [3.05, 3.63) is 18.2 Å². The molecule has 2 amide bonds. The zero-order chi connectivity index (χ0) is 18.4. The second-order valence-electron chi connectivity index (χ2n) is 5.85. The van der Waals surface area contributed by atoms with Crippen molar-refractivity contribution < 1.29 is 32.6 Å². The number of amides is 2. The van der Waals surface area contributed by atoms with Crippen molar-refractivity contribution in [2.45, 2.75) is 32.9 Å². The summed E-state index contributed by atoms with van der Waals surface area (Å²) in [6.07, 6.45) is -0.0174. The molecule has 1 aromatic rings. The van der Waals surface area contributed by atoms with Crippen LogP contribution in [-0.2, 0) is 9.53 Å². The summed E-state index contributed by atoms with van der Waals surface area (Å²) in [6.45, 7) is 1.14. The predicted octanol–water partition coefficient (Wildman–Crippen LogP) is 2.76. The first-order valence-electron chi connectivity index (χ1n) is 7.81. The van der Waals surface area contributed by atoms with Gasteiger partial charge in [-0.3, -0.25) is 4.79 Å². The highest BCUT2D eigenvalue weighted by Crippen LogP contribution is 2.31. The molecular weight excluding hydrogens is 338 g/mol. The van der Waals surface area contributed by atoms with Crippen LogP contribution >= 0.6 is 0 Å². The lowest BCUT2D eigenvalue weighted by Crippen LogP contribution is -2.46. The maximum atomic E-state index is 12.3. The quantitative estimate of drug-likeness (QED) is 0.817. The Hall–Kier alpha value is -2.58. The number of hydrogen-bond donors (Lipinski definition) is 2. The highest BCUT2D eigenvalue weighted by Gasteiger charge is 2.27. The standard InChI is InChI=1S/C16H20F2N2O5/c1-9(2)5-6-23-16(22)20-12-8-24-13-4-3-10(25-15(17)18)7-11(13)19-14(12)21/h3-4,7,9,12,15H,5-6,8H2,1-2H3,(H,19,21)(H,20,22). The average Bonchev–Trinajstić information content (AvgIpc) is 2.65. The van der Waals surface area contributed by atoms with Crippen molar-refractivity contribution in [3.8, 4) is 11.5 Å². The molecule has 1 heterocycles. The fourth-order valence-corrected chi connectivity index (χ4v) is 2.06. The Morgan fingerprint density at radius 3 is 2.88 bits per heavy atom. The summed E-state index contributed by atoms with van der Waals surface area (Å²) >= 11 is 0. The van der Waals surface area contributed by atoms with E-state index in [1.165, 1.54) is 18.2 Å². The lowest BCUT2D eigenvalue weighted by atomic mass is 10.1. The minimum absolute atomic E-state index is 0.114. The van der Waals surface area contributed by atoms with E-state index in [0.29, 0.717) is 12.3 Å². The summed E-state index contributed by atoms with van der Waals surface area (Å²) in [7, 11) is 0. The number of anilines is 1. The fraction of sp³-hybridized carbons (Fsp3) is 0.500. The van der Waals surface area contributed by atoms with Crippen molar-refractivity contribution >= 4 is 17.7 Å². The van der Waals surface area contributed by atoms with Gasteiger partial charge >= 0.3 is 12.7 Å². The molecule has 0 aromatic heterocycles. The van der Waals surface area contributed by atoms with E-state index >= 15 is 0 Å². The van der Waals surface area contributed by atoms with E-state index in [0.717, 1.165) is 0 Å². The summed E-state index contributed by atoms with van der Waals surface area (Å²) in [5.74, 6) is 0.00909. The normalized spacial score (nSPS) is 16.6. The van der Waals surface area contributed by atoms with Crippen molar-refractivity contribution in [3.63, 3.8) is 0 Å². The molecule has 25 heavy (non-hydrogen) atoms. The molecule has 0 aliphatic carbocycles. The topological polar surface area (TPSA) is 85.9 Å². The average molecular weight is 358 g/mol. The third kappa shape index (κ3) is 5.77. The monoisotopic (exact) mass is 358 g/mol. The Bertz CT molecular complexity index is 625. The minimum Gasteiger partial charge on any atom is -0.489 e. The van der Waals surface area contributed by atoms with Crippen LogP contribution in [0.4, 0.5) is 19.3 Å². The number of benzene rings is 1. The molecule has 0 saturated carbocycles. The number of alkyl carbamates (subject to hydrolysis) is 1. The Morgan fingerprint density at radius 1 is 1.44 bits per heavy atom. The SMILES string of the molecule is CC(C)CCOC(=O)NC1COc2ccc(OC(F)F)cc2NC1=O. The summed E-state index contributed by atoms with van der Waals surface area (Å²) in [5.41, 5.74) is 0.181. The van der Waals surface area contributed by atoms with E-state index < -0.39 is 24.7 Å². The van der Waals surface area contributed by atoms with Crippen molar-refractivity contribution in [2.24, 2.45) is 5.92 Å². The van der Waals surface area contributed by atoms with Crippen molar-refractivity contribution in [1.82, 2.24) is 5.32 Å². The Labute approximate surface area is 143 Å². The van der Waals surface area contributed by atoms with Gasteiger partial charge in [-0.2, -0.15) is 8.78 Å². The molecule has 2 rings (SSSR count). The minimum atomic E-state index is -2.98. The number of carbonyl (C=O) groups is 2. The Kier molecular flexibility index (Phi) is 6.37. The molecule has 1 aromatic carbocycles. The van der Waals surface area contributed by atoms with E-state index in [2.05, 4.69) is 15.4 Å². The van der Waals surface area contributed by atoms with Crippen LogP contribution in [0.1, 0.15) is 20.3 Å². The van der Waals surface area contributed by atoms with Gasteiger partial charge in [-0.25, -0.2) is 4.79 Å². The van der Waals surface area contributed by atoms with Crippen molar-refractivity contribution in [1.29, 1.82) is 0 Å². The van der Waals surface area contributed by atoms with E-state index in [4.69, 9.17) is 9.47 Å². The Balaban J connectivity index is 1.95. The van der Waals surface area contributed by atoms with Gasteiger partial charge in [-0.1, -0.05) is 13.8 Å². The van der Waals surface area contributed by atoms with Gasteiger partial charge in [0.1, 0.15) is 24.1 Å². The number of fused-ring (bicyclic) bond motifs is 1. The molecule has 0 saturated heterocycles. The highest BCUT2D eigenvalue weighted by molar-refractivity contribution is 5.98. The van der Waals surface area contributed by atoms with E-state index in [1.54, 1.807) is 0 Å². The van der Waals surface area contributed by atoms with Crippen LogP contribution in [-0.4, -0.2) is 37.9 Å². The smallest absolute Gasteiger partial charge is 0.407 e. The second kappa shape index (κ2) is 8.50. The molecule has 2 N–H and O–H groups in total. The van der Waals surface area contributed by atoms with E-state index in [9.17, 15) is 18.4 Å². The van der Waals surface area contributed by atoms with Crippen LogP contribution in [0.25, 0.3) is 0 Å². The fourth-order valence-electron chi connectivity index (χ4n) is 2.06. The summed E-state index contributed by atoms with van der Waals surface area (Å²) in [5, 5.41) is 4.92. The molecule has 0 spiro atoms. The zero-order valence-electron chi connectivity index (χ0n) is 13.9. The number of rotatable bonds is 6. The maximum absolute atomic E-state index is 12.3. The molecule has 7 nitrogen and oxygen atoms in total. The van der Waals surface area contributed by atoms with Gasteiger partial charge in [0.15, 0.2) is 0 Å². The van der Waals surface area contributed by atoms with E-state index in [-0.39, 0.29) is 30.4 Å². The molecule has 0 fully saturated rings. The first-order chi connectivity index (χ1) is 11.8. The van der Waals surface area contributed by atoms with E-state index in [1.807, 2.05) is 13.8 Å². The zero-order valence-corrected chi connectivity index (χ0v) is 13.9. The van der Waals surface area contributed by atoms with Crippen LogP contribution in [0, 0.1) is 5.92 Å². The Morgan fingerprint density at radius 2 is 2.20 bits per heavy atom. The van der Waals surface area contributed by atoms with Crippen LogP contribution in [0.2, 0.25) is 0 Å². The first-order valence-corrected chi connectivity index (χ1v) is 7.81. The molecule has 9 heteroatoms. The second-order valence-corrected chi connectivity index (χ2v) is 5.85. The molecule has 1 aliphatic rings. The lowest BCUT2D eigenvalue weighted by molar-refractivity contribution is -0.118. The molecular formula is C16H20F2N2O5. The van der Waals surface area contributed by atoms with Gasteiger partial charge in [0.05, 0.1) is 12.3 Å². The first kappa shape index (κ1) is 18.8. The third-order valence-electron chi connectivity index (χ3n) is 3.38. The van der Waals surface area contributed by atoms with Gasteiger partial charge in [0.25, 0.3) is 5.91 Å². The lowest BCUT2D eigenvalue weighted by Gasteiger charge is -2.15. The van der Waals surface area contributed by atoms with Gasteiger partial charge < -0.3 is 24.8 Å². The summed E-state index contributed by atoms with van der Waals surface area (Å²) < 4.78 is 39.2. The van der Waals surface area contributed by atoms with Gasteiger partial charge in [-0.05, 0) is 24.5 Å². The number of halogens is 2. The number of hydrogen-bond acceptors (Lipinski definition) is 5. The molecule has 1 unspecified atom stereocenters. The number of alkyl halides is 2. The summed E-state index contributed by atoms with van der Waals surface area (Å²) in [6, 6.07) is 2.95. The maximum Gasteiger partial charge on any atom is 0.407 e. The summed E-state index contributed by atoms with van der Waals surface area (Å²) in [4.78, 5) is 23.9.